The van der Waals surface area contributed by atoms with Crippen LogP contribution >= 0.6 is 12.2 Å². The molecule has 0 aliphatic carbocycles. The van der Waals surface area contributed by atoms with Crippen molar-refractivity contribution in [3.05, 3.63) is 23.8 Å². The maximum atomic E-state index is 12.7. The number of amides is 2. The molecule has 3 rings (SSSR count). The Hall–Kier alpha value is -2.52. The lowest BCUT2D eigenvalue weighted by atomic mass is 10.1. The van der Waals surface area contributed by atoms with Crippen molar-refractivity contribution >= 4 is 35.4 Å². The Labute approximate surface area is 156 Å². The van der Waals surface area contributed by atoms with Crippen molar-refractivity contribution in [3.63, 3.8) is 0 Å². The molecule has 138 valence electrons. The van der Waals surface area contributed by atoms with E-state index < -0.39 is 11.8 Å². The van der Waals surface area contributed by atoms with Gasteiger partial charge < -0.3 is 19.7 Å². The van der Waals surface area contributed by atoms with Crippen molar-refractivity contribution in [1.82, 2.24) is 15.1 Å². The number of benzene rings is 1. The van der Waals surface area contributed by atoms with Crippen molar-refractivity contribution < 1.29 is 19.1 Å². The first kappa shape index (κ1) is 18.3. The van der Waals surface area contributed by atoms with E-state index in [1.165, 1.54) is 11.1 Å². The van der Waals surface area contributed by atoms with Crippen LogP contribution < -0.4 is 14.8 Å². The van der Waals surface area contributed by atoms with Crippen molar-refractivity contribution in [2.45, 2.75) is 6.54 Å². The number of hydrogen-bond acceptors (Lipinski definition) is 7. The molecule has 1 unspecified atom stereocenters. The van der Waals surface area contributed by atoms with Crippen LogP contribution in [0.15, 0.2) is 23.2 Å². The van der Waals surface area contributed by atoms with Crippen LogP contribution in [0.1, 0.15) is 5.56 Å². The summed E-state index contributed by atoms with van der Waals surface area (Å²) in [6, 6.07) is 5.42. The largest absolute Gasteiger partial charge is 0.454 e. The van der Waals surface area contributed by atoms with Crippen LogP contribution in [-0.2, 0) is 16.1 Å². The maximum absolute atomic E-state index is 12.7. The average Bonchev–Trinajstić information content (AvgIpc) is 3.05. The van der Waals surface area contributed by atoms with Gasteiger partial charge in [0.1, 0.15) is 0 Å². The number of fused-ring (bicyclic) bond motifs is 1. The molecule has 9 heteroatoms. The van der Waals surface area contributed by atoms with Crippen LogP contribution in [0.25, 0.3) is 0 Å². The molecule has 2 heterocycles. The topological polar surface area (TPSA) is 83.5 Å². The molecule has 2 aliphatic rings. The predicted octanol–water partition coefficient (Wildman–Crippen LogP) is 0.407. The Bertz CT molecular complexity index is 765. The summed E-state index contributed by atoms with van der Waals surface area (Å²) in [5, 5.41) is 2.67. The van der Waals surface area contributed by atoms with E-state index in [4.69, 9.17) is 21.7 Å². The Balaban J connectivity index is 1.71. The quantitative estimate of drug-likeness (QED) is 0.440. The lowest BCUT2D eigenvalue weighted by Gasteiger charge is -2.31. The second-order valence-corrected chi connectivity index (χ2v) is 6.63. The van der Waals surface area contributed by atoms with E-state index in [9.17, 15) is 9.59 Å². The Kier molecular flexibility index (Phi) is 5.48. The van der Waals surface area contributed by atoms with Gasteiger partial charge in [0.05, 0.1) is 13.1 Å². The van der Waals surface area contributed by atoms with Gasteiger partial charge in [-0.15, -0.1) is 0 Å². The van der Waals surface area contributed by atoms with E-state index >= 15 is 0 Å². The van der Waals surface area contributed by atoms with Crippen molar-refractivity contribution in [3.8, 4) is 11.5 Å². The van der Waals surface area contributed by atoms with Crippen LogP contribution in [-0.4, -0.2) is 66.9 Å². The molecule has 0 bridgehead atoms. The van der Waals surface area contributed by atoms with Gasteiger partial charge in [-0.05, 0) is 44.0 Å². The van der Waals surface area contributed by atoms with Gasteiger partial charge in [0.25, 0.3) is 0 Å². The van der Waals surface area contributed by atoms with E-state index in [2.05, 4.69) is 10.3 Å². The zero-order valence-electron chi connectivity index (χ0n) is 14.6. The third-order valence-electron chi connectivity index (χ3n) is 4.00. The molecule has 1 fully saturated rings. The van der Waals surface area contributed by atoms with Gasteiger partial charge in [0.2, 0.25) is 18.6 Å². The van der Waals surface area contributed by atoms with Gasteiger partial charge in [-0.25, -0.2) is 0 Å². The number of nitrogens with one attached hydrogen (secondary N) is 1. The second-order valence-electron chi connectivity index (χ2n) is 6.24. The lowest BCUT2D eigenvalue weighted by Crippen LogP contribution is -2.57. The number of ether oxygens (including phenoxy) is 2. The van der Waals surface area contributed by atoms with Crippen molar-refractivity contribution in [1.29, 1.82) is 0 Å². The molecule has 1 aromatic carbocycles. The number of carbonyl (C=O) groups excluding carboxylic acids is 2. The number of likely N-dealkylation sites (N-methyl/N-ethyl adjacent to an activating group) is 1. The summed E-state index contributed by atoms with van der Waals surface area (Å²) in [5.41, 5.74) is 0.824. The summed E-state index contributed by atoms with van der Waals surface area (Å²) < 4.78 is 10.6. The summed E-state index contributed by atoms with van der Waals surface area (Å²) in [6.07, 6.45) is 1.40. The lowest BCUT2D eigenvalue weighted by molar-refractivity contribution is -0.138. The zero-order chi connectivity index (χ0) is 18.7. The van der Waals surface area contributed by atoms with Gasteiger partial charge in [-0.2, -0.15) is 0 Å². The van der Waals surface area contributed by atoms with E-state index in [1.807, 2.05) is 25.1 Å². The van der Waals surface area contributed by atoms with Gasteiger partial charge >= 0.3 is 0 Å². The SMILES string of the molecule is CN(C)CCN=CC1C(=O)NC(=S)N(Cc2ccc3c(c2)OCO3)C1=O. The molecule has 1 atom stereocenters. The summed E-state index contributed by atoms with van der Waals surface area (Å²) in [7, 11) is 3.86. The Morgan fingerprint density at radius 3 is 2.88 bits per heavy atom. The number of nitrogens with zero attached hydrogens (tertiary/aromatic N) is 3. The van der Waals surface area contributed by atoms with Crippen LogP contribution in [0.3, 0.4) is 0 Å². The van der Waals surface area contributed by atoms with E-state index in [-0.39, 0.29) is 24.4 Å². The van der Waals surface area contributed by atoms with Crippen molar-refractivity contribution in [2.75, 3.05) is 34.0 Å². The van der Waals surface area contributed by atoms with Crippen LogP contribution in [0.5, 0.6) is 11.5 Å². The van der Waals surface area contributed by atoms with E-state index in [0.717, 1.165) is 12.1 Å². The summed E-state index contributed by atoms with van der Waals surface area (Å²) in [6.45, 7) is 1.66. The first-order valence-electron chi connectivity index (χ1n) is 8.15. The molecule has 0 radical (unpaired) electrons. The van der Waals surface area contributed by atoms with E-state index in [0.29, 0.717) is 18.0 Å². The zero-order valence-corrected chi connectivity index (χ0v) is 15.4. The third-order valence-corrected chi connectivity index (χ3v) is 4.32. The van der Waals surface area contributed by atoms with Gasteiger partial charge in [-0.1, -0.05) is 6.07 Å². The number of thiocarbonyl (C=S) groups is 1. The fraction of sp³-hybridized carbons (Fsp3) is 0.412. The highest BCUT2D eigenvalue weighted by Gasteiger charge is 2.37. The molecular weight excluding hydrogens is 356 g/mol. The minimum atomic E-state index is -0.974. The molecule has 2 amide bonds. The minimum Gasteiger partial charge on any atom is -0.454 e. The number of carbonyl (C=O) groups is 2. The normalized spacial score (nSPS) is 19.6. The number of aliphatic imine (C=N–C) groups is 1. The fourth-order valence-corrected chi connectivity index (χ4v) is 2.83. The smallest absolute Gasteiger partial charge is 0.247 e. The highest BCUT2D eigenvalue weighted by molar-refractivity contribution is 7.80. The van der Waals surface area contributed by atoms with Crippen LogP contribution in [0, 0.1) is 5.92 Å². The molecule has 0 spiro atoms. The van der Waals surface area contributed by atoms with Crippen LogP contribution in [0.4, 0.5) is 0 Å². The molecule has 0 saturated carbocycles. The minimum absolute atomic E-state index is 0.0932. The molecule has 1 saturated heterocycles. The number of rotatable bonds is 6. The second kappa shape index (κ2) is 7.79. The average molecular weight is 376 g/mol. The Morgan fingerprint density at radius 2 is 2.12 bits per heavy atom. The molecule has 8 nitrogen and oxygen atoms in total. The molecule has 26 heavy (non-hydrogen) atoms. The van der Waals surface area contributed by atoms with Gasteiger partial charge in [0, 0.05) is 12.8 Å². The van der Waals surface area contributed by atoms with Gasteiger partial charge in [0.15, 0.2) is 22.5 Å². The third kappa shape index (κ3) is 4.00. The standard InChI is InChI=1S/C17H20N4O4S/c1-20(2)6-5-18-8-12-15(22)19-17(26)21(16(12)23)9-11-3-4-13-14(7-11)25-10-24-13/h3-4,7-8,12H,5-6,9-10H2,1-2H3,(H,19,22,26). The highest BCUT2D eigenvalue weighted by Crippen LogP contribution is 2.33. The summed E-state index contributed by atoms with van der Waals surface area (Å²) in [5.74, 6) is -0.511. The van der Waals surface area contributed by atoms with Crippen LogP contribution in [0.2, 0.25) is 0 Å². The summed E-state index contributed by atoms with van der Waals surface area (Å²) >= 11 is 5.17. The molecule has 2 aliphatic heterocycles. The van der Waals surface area contributed by atoms with Gasteiger partial charge in [-0.3, -0.25) is 19.5 Å². The molecule has 1 N–H and O–H groups in total. The van der Waals surface area contributed by atoms with E-state index in [1.54, 1.807) is 12.1 Å². The fourth-order valence-electron chi connectivity index (χ4n) is 2.57. The number of hydrogen-bond donors (Lipinski definition) is 1. The first-order chi connectivity index (χ1) is 12.5. The highest BCUT2D eigenvalue weighted by atomic mass is 32.1. The monoisotopic (exact) mass is 376 g/mol. The molecule has 0 aromatic heterocycles. The Morgan fingerprint density at radius 1 is 1.35 bits per heavy atom. The van der Waals surface area contributed by atoms with Crippen molar-refractivity contribution in [2.24, 2.45) is 10.9 Å². The summed E-state index contributed by atoms with van der Waals surface area (Å²) in [4.78, 5) is 32.4. The molecular formula is C17H20N4O4S. The predicted molar refractivity (Wildman–Crippen MR) is 99.3 cm³/mol. The maximum Gasteiger partial charge on any atom is 0.247 e. The first-order valence-corrected chi connectivity index (χ1v) is 8.56. The molecule has 1 aromatic rings.